The highest BCUT2D eigenvalue weighted by Crippen LogP contribution is 2.28. The molecular formula is C30H34ClFN8O5S. The van der Waals surface area contributed by atoms with Crippen LogP contribution in [0.25, 0.3) is 5.65 Å². The van der Waals surface area contributed by atoms with Crippen LogP contribution in [-0.2, 0) is 4.79 Å². The molecule has 244 valence electrons. The van der Waals surface area contributed by atoms with E-state index < -0.39 is 59.9 Å². The third-order valence-corrected chi connectivity index (χ3v) is 8.62. The summed E-state index contributed by atoms with van der Waals surface area (Å²) in [7, 11) is 0. The Morgan fingerprint density at radius 1 is 1.04 bits per heavy atom. The lowest BCUT2D eigenvalue weighted by Crippen LogP contribution is -2.49. The molecule has 0 radical (unpaired) electrons. The van der Waals surface area contributed by atoms with Gasteiger partial charge in [0.1, 0.15) is 28.2 Å². The van der Waals surface area contributed by atoms with E-state index in [0.717, 1.165) is 9.30 Å². The number of hydrogen-bond acceptors (Lipinski definition) is 9. The Balaban J connectivity index is 1.54. The second-order valence-electron chi connectivity index (χ2n) is 11.9. The maximum atomic E-state index is 15.4. The summed E-state index contributed by atoms with van der Waals surface area (Å²) in [6.07, 6.45) is 1.29. The smallest absolute Gasteiger partial charge is 0.277 e. The molecule has 0 spiro atoms. The fourth-order valence-electron chi connectivity index (χ4n) is 5.09. The summed E-state index contributed by atoms with van der Waals surface area (Å²) < 4.78 is 22.3. The molecule has 5 heterocycles. The van der Waals surface area contributed by atoms with Crippen molar-refractivity contribution in [3.63, 3.8) is 0 Å². The van der Waals surface area contributed by atoms with Crippen LogP contribution >= 0.6 is 22.9 Å². The molecule has 5 rings (SSSR count). The molecule has 13 nitrogen and oxygen atoms in total. The number of imidazole rings is 1. The SMILES string of the molecule is Cc1oc2nc1C(=O)N[C@H](C)CN(C(=O)c1nc3ccc(Cl)cn3c1F)CC(=O)N[C@@H](C(C)C)c1nc(cs1)C(=O)N[C@@H]2C(C)C. The number of hydrogen-bond donors (Lipinski definition) is 3. The highest BCUT2D eigenvalue weighted by Gasteiger charge is 2.32. The first-order valence-corrected chi connectivity index (χ1v) is 15.9. The molecule has 4 bridgehead atoms. The second-order valence-corrected chi connectivity index (χ2v) is 13.2. The van der Waals surface area contributed by atoms with Gasteiger partial charge in [-0.25, -0.2) is 15.0 Å². The average Bonchev–Trinajstić information content (AvgIpc) is 3.70. The number of fused-ring (bicyclic) bond motifs is 5. The number of amides is 4. The Morgan fingerprint density at radius 2 is 1.76 bits per heavy atom. The summed E-state index contributed by atoms with van der Waals surface area (Å²) in [4.78, 5) is 68.0. The number of aryl methyl sites for hydroxylation is 1. The van der Waals surface area contributed by atoms with Gasteiger partial charge in [-0.15, -0.1) is 11.3 Å². The minimum absolute atomic E-state index is 0.00233. The van der Waals surface area contributed by atoms with E-state index in [0.29, 0.717) is 5.01 Å². The summed E-state index contributed by atoms with van der Waals surface area (Å²) in [6.45, 7) is 10.1. The van der Waals surface area contributed by atoms with Crippen molar-refractivity contribution < 1.29 is 28.0 Å². The van der Waals surface area contributed by atoms with E-state index in [1.165, 1.54) is 29.7 Å². The van der Waals surface area contributed by atoms with Crippen LogP contribution in [0, 0.1) is 24.7 Å². The zero-order valence-corrected chi connectivity index (χ0v) is 27.6. The highest BCUT2D eigenvalue weighted by atomic mass is 35.5. The maximum Gasteiger partial charge on any atom is 0.277 e. The van der Waals surface area contributed by atoms with Gasteiger partial charge in [0.2, 0.25) is 17.7 Å². The van der Waals surface area contributed by atoms with Gasteiger partial charge in [-0.1, -0.05) is 39.3 Å². The first-order chi connectivity index (χ1) is 21.7. The first kappa shape index (κ1) is 33.0. The Labute approximate surface area is 272 Å². The van der Waals surface area contributed by atoms with Crippen molar-refractivity contribution in [2.24, 2.45) is 11.8 Å². The quantitative estimate of drug-likeness (QED) is 0.293. The zero-order valence-electron chi connectivity index (χ0n) is 26.1. The number of carbonyl (C=O) groups is 4. The number of rotatable bonds is 3. The molecule has 0 aliphatic carbocycles. The molecule has 4 aromatic rings. The topological polar surface area (TPSA) is 164 Å². The minimum Gasteiger partial charge on any atom is -0.443 e. The van der Waals surface area contributed by atoms with Crippen molar-refractivity contribution in [1.29, 1.82) is 0 Å². The van der Waals surface area contributed by atoms with Crippen molar-refractivity contribution in [3.05, 3.63) is 68.4 Å². The minimum atomic E-state index is -0.946. The second kappa shape index (κ2) is 13.2. The van der Waals surface area contributed by atoms with Gasteiger partial charge in [-0.05, 0) is 37.8 Å². The fourth-order valence-corrected chi connectivity index (χ4v) is 6.28. The maximum absolute atomic E-state index is 15.4. The van der Waals surface area contributed by atoms with E-state index in [4.69, 9.17) is 16.0 Å². The van der Waals surface area contributed by atoms with Crippen LogP contribution in [0.1, 0.15) is 94.8 Å². The van der Waals surface area contributed by atoms with Crippen LogP contribution in [0.4, 0.5) is 4.39 Å². The lowest BCUT2D eigenvalue weighted by molar-refractivity contribution is -0.122. The van der Waals surface area contributed by atoms with Crippen molar-refractivity contribution >= 4 is 52.2 Å². The van der Waals surface area contributed by atoms with E-state index in [1.807, 2.05) is 27.7 Å². The summed E-state index contributed by atoms with van der Waals surface area (Å²) in [6, 6.07) is 0.988. The zero-order chi connectivity index (χ0) is 33.4. The lowest BCUT2D eigenvalue weighted by Gasteiger charge is -2.27. The molecule has 4 aromatic heterocycles. The number of nitrogens with zero attached hydrogens (tertiary/aromatic N) is 5. The largest absolute Gasteiger partial charge is 0.443 e. The Morgan fingerprint density at radius 3 is 2.46 bits per heavy atom. The summed E-state index contributed by atoms with van der Waals surface area (Å²) in [5.74, 6) is -3.35. The molecule has 16 heteroatoms. The monoisotopic (exact) mass is 672 g/mol. The molecule has 0 unspecified atom stereocenters. The number of halogens is 2. The van der Waals surface area contributed by atoms with Crippen LogP contribution in [0.2, 0.25) is 5.02 Å². The van der Waals surface area contributed by atoms with Gasteiger partial charge < -0.3 is 25.3 Å². The molecule has 0 fully saturated rings. The Hall–Kier alpha value is -4.37. The predicted octanol–water partition coefficient (Wildman–Crippen LogP) is 4.09. The van der Waals surface area contributed by atoms with E-state index in [9.17, 15) is 19.2 Å². The van der Waals surface area contributed by atoms with Crippen molar-refractivity contribution in [2.75, 3.05) is 13.1 Å². The van der Waals surface area contributed by atoms with E-state index in [-0.39, 0.29) is 52.1 Å². The summed E-state index contributed by atoms with van der Waals surface area (Å²) >= 11 is 7.23. The van der Waals surface area contributed by atoms with Gasteiger partial charge in [0, 0.05) is 24.2 Å². The third kappa shape index (κ3) is 6.75. The Bertz CT molecular complexity index is 1820. The normalized spacial score (nSPS) is 20.0. The summed E-state index contributed by atoms with van der Waals surface area (Å²) in [5.41, 5.74) is -0.222. The third-order valence-electron chi connectivity index (χ3n) is 7.47. The number of pyridine rings is 1. The molecule has 4 amide bonds. The van der Waals surface area contributed by atoms with Crippen molar-refractivity contribution in [3.8, 4) is 0 Å². The van der Waals surface area contributed by atoms with E-state index >= 15 is 4.39 Å². The van der Waals surface area contributed by atoms with Gasteiger partial charge >= 0.3 is 0 Å². The van der Waals surface area contributed by atoms with E-state index in [2.05, 4.69) is 30.9 Å². The molecule has 3 N–H and O–H groups in total. The molecule has 1 aliphatic rings. The predicted molar refractivity (Wildman–Crippen MR) is 167 cm³/mol. The van der Waals surface area contributed by atoms with Crippen molar-refractivity contribution in [1.82, 2.24) is 40.2 Å². The Kier molecular flexibility index (Phi) is 9.44. The van der Waals surface area contributed by atoms with Gasteiger partial charge in [0.15, 0.2) is 11.4 Å². The molecule has 0 aromatic carbocycles. The molecule has 46 heavy (non-hydrogen) atoms. The molecular weight excluding hydrogens is 639 g/mol. The van der Waals surface area contributed by atoms with Gasteiger partial charge in [-0.3, -0.25) is 23.6 Å². The number of nitrogens with one attached hydrogen (secondary N) is 3. The van der Waals surface area contributed by atoms with Crippen LogP contribution in [0.3, 0.4) is 0 Å². The molecule has 3 atom stereocenters. The highest BCUT2D eigenvalue weighted by molar-refractivity contribution is 7.09. The van der Waals surface area contributed by atoms with Crippen LogP contribution in [0.15, 0.2) is 28.1 Å². The van der Waals surface area contributed by atoms with Crippen LogP contribution < -0.4 is 16.0 Å². The van der Waals surface area contributed by atoms with Gasteiger partial charge in [0.25, 0.3) is 17.7 Å². The summed E-state index contributed by atoms with van der Waals surface area (Å²) in [5, 5.41) is 10.9. The number of thiazole rings is 1. The number of aromatic nitrogens is 4. The van der Waals surface area contributed by atoms with Gasteiger partial charge in [-0.2, -0.15) is 4.39 Å². The fraction of sp³-hybridized carbons (Fsp3) is 0.433. The lowest BCUT2D eigenvalue weighted by atomic mass is 10.0. The molecule has 0 saturated heterocycles. The van der Waals surface area contributed by atoms with Crippen molar-refractivity contribution in [2.45, 2.75) is 59.7 Å². The number of carbonyl (C=O) groups excluding carboxylic acids is 4. The standard InChI is InChI=1S/C30H34ClFN8O5S/c1-13(2)21-28-38-23(16(6)45-28)27(43)33-15(5)9-39(30(44)24-25(32)40-10-17(31)7-8-19(40)35-24)11-20(41)36-22(14(3)4)29-34-18(12-46-29)26(42)37-21/h7-8,10,12-15,21-22H,9,11H2,1-6H3,(H,33,43)(H,36,41)(H,37,42)/t15-,21-,22+/m1/s1. The molecule has 0 saturated carbocycles. The molecule has 1 aliphatic heterocycles. The number of oxazole rings is 1. The van der Waals surface area contributed by atoms with Gasteiger partial charge in [0.05, 0.1) is 17.6 Å². The first-order valence-electron chi connectivity index (χ1n) is 14.7. The van der Waals surface area contributed by atoms with Crippen LogP contribution in [-0.4, -0.2) is 67.0 Å². The average molecular weight is 673 g/mol. The van der Waals surface area contributed by atoms with E-state index in [1.54, 1.807) is 19.2 Å². The van der Waals surface area contributed by atoms with Crippen LogP contribution in [0.5, 0.6) is 0 Å².